The summed E-state index contributed by atoms with van der Waals surface area (Å²) in [6, 6.07) is 0. The van der Waals surface area contributed by atoms with Gasteiger partial charge in [-0.05, 0) is 25.9 Å². The first-order valence-electron chi connectivity index (χ1n) is 10.6. The highest BCUT2D eigenvalue weighted by Gasteiger charge is 2.00. The molecule has 0 fully saturated rings. The molecular weight excluding hydrogens is 581 g/mol. The van der Waals surface area contributed by atoms with Crippen LogP contribution in [0.5, 0.6) is 0 Å². The maximum absolute atomic E-state index is 10.4. The number of sulfone groups is 2. The summed E-state index contributed by atoms with van der Waals surface area (Å²) in [6.07, 6.45) is 2.88. The summed E-state index contributed by atoms with van der Waals surface area (Å²) in [7, 11) is -7.69. The van der Waals surface area contributed by atoms with Crippen LogP contribution < -0.4 is 0 Å². The Kier molecular flexibility index (Phi) is 39.6. The van der Waals surface area contributed by atoms with Gasteiger partial charge in [-0.1, -0.05) is 34.6 Å². The number of carbonyl (C=O) groups excluding carboxylic acids is 1. The predicted molar refractivity (Wildman–Crippen MR) is 150 cm³/mol. The normalized spacial score (nSPS) is 10.7. The lowest BCUT2D eigenvalue weighted by atomic mass is 10.4. The molecule has 0 N–H and O–H groups in total. The summed E-state index contributed by atoms with van der Waals surface area (Å²) in [5.74, 6) is 2.12. The summed E-state index contributed by atoms with van der Waals surface area (Å²) in [6.45, 7) is 11.9. The van der Waals surface area contributed by atoms with Crippen molar-refractivity contribution in [3.63, 3.8) is 0 Å². The van der Waals surface area contributed by atoms with Crippen molar-refractivity contribution in [2.24, 2.45) is 0 Å². The van der Waals surface area contributed by atoms with Gasteiger partial charge in [0.2, 0.25) is 0 Å². The van der Waals surface area contributed by atoms with Crippen molar-refractivity contribution >= 4 is 57.7 Å². The van der Waals surface area contributed by atoms with E-state index in [0.29, 0.717) is 6.42 Å². The number of hydrogen-bond acceptors (Lipinski definition) is 13. The van der Waals surface area contributed by atoms with Gasteiger partial charge in [-0.2, -0.15) is 16.8 Å². The van der Waals surface area contributed by atoms with E-state index in [-0.39, 0.29) is 28.8 Å². The van der Waals surface area contributed by atoms with Crippen molar-refractivity contribution in [2.75, 3.05) is 62.6 Å². The Bertz CT molecular complexity index is 804. The van der Waals surface area contributed by atoms with Crippen molar-refractivity contribution < 1.29 is 51.0 Å². The number of hydrogen-bond donors (Lipinski definition) is 0. The molecule has 0 radical (unpaired) electrons. The molecule has 0 aromatic carbocycles. The summed E-state index contributed by atoms with van der Waals surface area (Å²) < 4.78 is 93.2. The van der Waals surface area contributed by atoms with Crippen LogP contribution in [0.25, 0.3) is 0 Å². The molecule has 0 aromatic heterocycles. The molecule has 0 rings (SSSR count). The molecule has 0 aromatic rings. The second-order valence-corrected chi connectivity index (χ2v) is 16.0. The van der Waals surface area contributed by atoms with Crippen molar-refractivity contribution in [3.8, 4) is 0 Å². The average molecular weight is 629 g/mol. The highest BCUT2D eigenvalue weighted by molar-refractivity contribution is 7.94. The SMILES string of the molecule is CCC(C)=O.CCS(=O)(=O)CC.CCS(=O)(=O)OC.CCS(C)(=O)=O.CCSOC.COS(C)(=O)=O. The van der Waals surface area contributed by atoms with Crippen LogP contribution in [-0.2, 0) is 57.3 Å². The summed E-state index contributed by atoms with van der Waals surface area (Å²) in [5.41, 5.74) is 0. The van der Waals surface area contributed by atoms with E-state index in [1.165, 1.54) is 25.2 Å². The van der Waals surface area contributed by atoms with Crippen molar-refractivity contribution in [3.05, 3.63) is 0 Å². The van der Waals surface area contributed by atoms with E-state index >= 15 is 0 Å². The summed E-state index contributed by atoms with van der Waals surface area (Å²) >= 11 is 1.46. The van der Waals surface area contributed by atoms with E-state index in [9.17, 15) is 38.5 Å². The van der Waals surface area contributed by atoms with E-state index in [4.69, 9.17) is 0 Å². The highest BCUT2D eigenvalue weighted by atomic mass is 32.2. The predicted octanol–water partition coefficient (Wildman–Crippen LogP) is 2.35. The lowest BCUT2D eigenvalue weighted by Gasteiger charge is -1.90. The molecular formula is C19H48O12S5. The van der Waals surface area contributed by atoms with Crippen molar-refractivity contribution in [1.29, 1.82) is 0 Å². The largest absolute Gasteiger partial charge is 0.319 e. The van der Waals surface area contributed by atoms with Gasteiger partial charge in [0, 0.05) is 35.7 Å². The second-order valence-electron chi connectivity index (χ2n) is 6.05. The summed E-state index contributed by atoms with van der Waals surface area (Å²) in [4.78, 5) is 9.81. The van der Waals surface area contributed by atoms with Gasteiger partial charge in [-0.25, -0.2) is 16.8 Å². The topological polar surface area (TPSA) is 181 Å². The molecule has 12 nitrogen and oxygen atoms in total. The molecule has 0 saturated carbocycles. The van der Waals surface area contributed by atoms with Crippen LogP contribution >= 0.6 is 12.0 Å². The molecule has 0 unspecified atom stereocenters. The molecule has 17 heteroatoms. The van der Waals surface area contributed by atoms with Crippen LogP contribution in [0.2, 0.25) is 0 Å². The fourth-order valence-electron chi connectivity index (χ4n) is 0.440. The van der Waals surface area contributed by atoms with Gasteiger partial charge >= 0.3 is 0 Å². The third-order valence-corrected chi connectivity index (χ3v) is 8.15. The molecule has 0 aliphatic carbocycles. The van der Waals surface area contributed by atoms with Gasteiger partial charge in [0.1, 0.15) is 25.5 Å². The fourth-order valence-corrected chi connectivity index (χ4v) is 1.32. The minimum atomic E-state index is -3.16. The van der Waals surface area contributed by atoms with Crippen LogP contribution in [-0.4, -0.2) is 102 Å². The highest BCUT2D eigenvalue weighted by Crippen LogP contribution is 1.94. The second kappa shape index (κ2) is 29.3. The zero-order valence-corrected chi connectivity index (χ0v) is 27.8. The lowest BCUT2D eigenvalue weighted by molar-refractivity contribution is -0.116. The van der Waals surface area contributed by atoms with E-state index in [1.807, 2.05) is 13.8 Å². The van der Waals surface area contributed by atoms with Crippen LogP contribution in [0.15, 0.2) is 0 Å². The molecule has 0 aliphatic rings. The van der Waals surface area contributed by atoms with Gasteiger partial charge in [-0.3, -0.25) is 8.37 Å². The number of carbonyl (C=O) groups is 1. The average Bonchev–Trinajstić information content (AvgIpc) is 2.80. The molecule has 0 spiro atoms. The Morgan fingerprint density at radius 2 is 0.972 bits per heavy atom. The molecule has 226 valence electrons. The summed E-state index contributed by atoms with van der Waals surface area (Å²) in [5, 5.41) is 0. The zero-order valence-electron chi connectivity index (χ0n) is 23.7. The first-order valence-corrected chi connectivity index (χ1v) is 18.8. The quantitative estimate of drug-likeness (QED) is 0.268. The number of ketones is 1. The number of rotatable bonds is 9. The third kappa shape index (κ3) is 76.5. The van der Waals surface area contributed by atoms with Gasteiger partial charge in [0.25, 0.3) is 20.2 Å². The first kappa shape index (κ1) is 48.7. The van der Waals surface area contributed by atoms with E-state index in [2.05, 4.69) is 12.5 Å². The van der Waals surface area contributed by atoms with Crippen molar-refractivity contribution in [1.82, 2.24) is 0 Å². The number of Topliss-reactive ketones (excluding diaryl/α,β-unsaturated/α-hetero) is 1. The fraction of sp³-hybridized carbons (Fsp3) is 0.947. The Balaban J connectivity index is -0.0000000754. The van der Waals surface area contributed by atoms with E-state index in [1.54, 1.807) is 34.8 Å². The molecule has 0 atom stereocenters. The van der Waals surface area contributed by atoms with Crippen LogP contribution in [0.1, 0.15) is 54.9 Å². The van der Waals surface area contributed by atoms with E-state index in [0.717, 1.165) is 26.2 Å². The minimum Gasteiger partial charge on any atom is -0.319 e. The molecule has 0 amide bonds. The third-order valence-electron chi connectivity index (χ3n) is 3.05. The van der Waals surface area contributed by atoms with E-state index < -0.39 is 39.9 Å². The lowest BCUT2D eigenvalue weighted by Crippen LogP contribution is -2.04. The Morgan fingerprint density at radius 1 is 0.667 bits per heavy atom. The van der Waals surface area contributed by atoms with Gasteiger partial charge in [0.15, 0.2) is 0 Å². The maximum atomic E-state index is 10.4. The molecule has 0 heterocycles. The minimum absolute atomic E-state index is 0.0451. The van der Waals surface area contributed by atoms with Crippen LogP contribution in [0.4, 0.5) is 0 Å². The smallest absolute Gasteiger partial charge is 0.266 e. The zero-order chi connectivity index (χ0) is 30.6. The van der Waals surface area contributed by atoms with Crippen LogP contribution in [0.3, 0.4) is 0 Å². The van der Waals surface area contributed by atoms with Gasteiger partial charge in [0.05, 0.1) is 33.3 Å². The Morgan fingerprint density at radius 3 is 0.972 bits per heavy atom. The van der Waals surface area contributed by atoms with Gasteiger partial charge < -0.3 is 8.98 Å². The van der Waals surface area contributed by atoms with Gasteiger partial charge in [-0.15, -0.1) is 0 Å². The maximum Gasteiger partial charge on any atom is 0.266 e. The monoisotopic (exact) mass is 628 g/mol. The molecule has 0 saturated heterocycles. The molecule has 0 aliphatic heterocycles. The Labute approximate surface area is 225 Å². The first-order chi connectivity index (χ1) is 16.0. The standard InChI is InChI=1S/C4H10O2S.C4H8O.C3H8O3S.C3H8O2S.C3H8OS.C2H6O3S/c1-3-7(5,6)4-2;1-3-4(2)5;1-3-7(4,5)6-2;1-3-6(2,4)5;1-3-5-4-2;1-5-6(2,3)4/h3-4H2,1-2H3;3H2,1-2H3;3H2,1-2H3;3H2,1-2H3;3H2,1-2H3;1-2H3. The molecule has 0 bridgehead atoms. The van der Waals surface area contributed by atoms with Crippen molar-refractivity contribution in [2.45, 2.75) is 54.9 Å². The Hall–Kier alpha value is -0.300. The van der Waals surface area contributed by atoms with Crippen LogP contribution in [0, 0.1) is 0 Å². The molecule has 36 heavy (non-hydrogen) atoms.